The van der Waals surface area contributed by atoms with Crippen LogP contribution in [0.4, 0.5) is 17.6 Å². The first-order chi connectivity index (χ1) is 13.1. The minimum Gasteiger partial charge on any atom is -0.474 e. The summed E-state index contributed by atoms with van der Waals surface area (Å²) < 4.78 is 83.7. The van der Waals surface area contributed by atoms with E-state index in [2.05, 4.69) is 9.71 Å². The lowest BCUT2D eigenvalue weighted by molar-refractivity contribution is -0.137. The third-order valence-electron chi connectivity index (χ3n) is 4.45. The van der Waals surface area contributed by atoms with Gasteiger partial charge >= 0.3 is 6.18 Å². The monoisotopic (exact) mass is 418 g/mol. The SMILES string of the molecule is O=S(=O)(NC1CCC(Oc2ccc(C(F)(F)F)cn2)CC1)c1cccc(F)c1. The van der Waals surface area contributed by atoms with E-state index in [1.165, 1.54) is 18.2 Å². The predicted molar refractivity (Wildman–Crippen MR) is 92.6 cm³/mol. The molecule has 5 nitrogen and oxygen atoms in total. The van der Waals surface area contributed by atoms with Crippen LogP contribution in [0.15, 0.2) is 47.5 Å². The van der Waals surface area contributed by atoms with Crippen molar-refractivity contribution in [1.82, 2.24) is 9.71 Å². The molecule has 2 aromatic rings. The van der Waals surface area contributed by atoms with E-state index in [4.69, 9.17) is 4.74 Å². The van der Waals surface area contributed by atoms with E-state index in [0.717, 1.165) is 18.2 Å². The van der Waals surface area contributed by atoms with E-state index >= 15 is 0 Å². The van der Waals surface area contributed by atoms with Crippen LogP contribution in [0.2, 0.25) is 0 Å². The van der Waals surface area contributed by atoms with Crippen molar-refractivity contribution in [2.24, 2.45) is 0 Å². The second-order valence-corrected chi connectivity index (χ2v) is 8.27. The lowest BCUT2D eigenvalue weighted by atomic mass is 9.94. The average molecular weight is 418 g/mol. The topological polar surface area (TPSA) is 68.3 Å². The van der Waals surface area contributed by atoms with Crippen molar-refractivity contribution in [2.45, 2.75) is 48.9 Å². The summed E-state index contributed by atoms with van der Waals surface area (Å²) in [6, 6.07) is 6.50. The fourth-order valence-corrected chi connectivity index (χ4v) is 4.34. The molecule has 0 amide bonds. The Bertz CT molecular complexity index is 909. The molecule has 1 N–H and O–H groups in total. The first kappa shape index (κ1) is 20.5. The summed E-state index contributed by atoms with van der Waals surface area (Å²) in [5, 5.41) is 0. The second-order valence-electron chi connectivity index (χ2n) is 6.55. The smallest absolute Gasteiger partial charge is 0.417 e. The second kappa shape index (κ2) is 8.04. The van der Waals surface area contributed by atoms with Gasteiger partial charge in [0.15, 0.2) is 0 Å². The van der Waals surface area contributed by atoms with Crippen molar-refractivity contribution in [1.29, 1.82) is 0 Å². The van der Waals surface area contributed by atoms with Crippen LogP contribution in [-0.2, 0) is 16.2 Å². The number of aromatic nitrogens is 1. The van der Waals surface area contributed by atoms with Crippen LogP contribution in [0.5, 0.6) is 5.88 Å². The first-order valence-corrected chi connectivity index (χ1v) is 10.1. The van der Waals surface area contributed by atoms with Gasteiger partial charge in [-0.2, -0.15) is 13.2 Å². The zero-order valence-corrected chi connectivity index (χ0v) is 15.4. The van der Waals surface area contributed by atoms with Gasteiger partial charge in [-0.05, 0) is 49.9 Å². The Balaban J connectivity index is 1.53. The molecule has 28 heavy (non-hydrogen) atoms. The number of hydrogen-bond donors (Lipinski definition) is 1. The van der Waals surface area contributed by atoms with Crippen LogP contribution in [0.1, 0.15) is 31.2 Å². The Kier molecular flexibility index (Phi) is 5.90. The van der Waals surface area contributed by atoms with Crippen molar-refractivity contribution in [2.75, 3.05) is 0 Å². The Labute approximate surface area is 159 Å². The summed E-state index contributed by atoms with van der Waals surface area (Å²) in [4.78, 5) is 3.54. The standard InChI is InChI=1S/C18H18F4N2O3S/c19-13-2-1-3-16(10-13)28(25,26)24-14-5-7-15(8-6-14)27-17-9-4-12(11-23-17)18(20,21)22/h1-4,9-11,14-15,24H,5-8H2. The van der Waals surface area contributed by atoms with Gasteiger partial charge in [0, 0.05) is 18.3 Å². The quantitative estimate of drug-likeness (QED) is 0.748. The molecule has 0 spiro atoms. The number of nitrogens with one attached hydrogen (secondary N) is 1. The molecule has 10 heteroatoms. The van der Waals surface area contributed by atoms with Crippen molar-refractivity contribution >= 4 is 10.0 Å². The number of sulfonamides is 1. The number of benzene rings is 1. The minimum atomic E-state index is -4.46. The van der Waals surface area contributed by atoms with Gasteiger partial charge in [-0.1, -0.05) is 6.07 Å². The molecule has 0 bridgehead atoms. The minimum absolute atomic E-state index is 0.0943. The molecule has 1 fully saturated rings. The molecular weight excluding hydrogens is 400 g/mol. The molecule has 1 heterocycles. The summed E-state index contributed by atoms with van der Waals surface area (Å²) >= 11 is 0. The van der Waals surface area contributed by atoms with E-state index < -0.39 is 27.6 Å². The average Bonchev–Trinajstić information content (AvgIpc) is 2.63. The van der Waals surface area contributed by atoms with Gasteiger partial charge in [-0.15, -0.1) is 0 Å². The number of alkyl halides is 3. The Morgan fingerprint density at radius 3 is 2.36 bits per heavy atom. The molecule has 0 radical (unpaired) electrons. The molecule has 3 rings (SSSR count). The fourth-order valence-electron chi connectivity index (χ4n) is 3.01. The molecule has 1 saturated carbocycles. The van der Waals surface area contributed by atoms with E-state index in [-0.39, 0.29) is 22.9 Å². The van der Waals surface area contributed by atoms with Crippen LogP contribution in [0.3, 0.4) is 0 Å². The summed E-state index contributed by atoms with van der Waals surface area (Å²) in [7, 11) is -3.83. The highest BCUT2D eigenvalue weighted by Crippen LogP contribution is 2.30. The third-order valence-corrected chi connectivity index (χ3v) is 5.97. The molecular formula is C18H18F4N2O3S. The number of halogens is 4. The van der Waals surface area contributed by atoms with Crippen molar-refractivity contribution in [3.63, 3.8) is 0 Å². The summed E-state index contributed by atoms with van der Waals surface area (Å²) in [6.45, 7) is 0. The molecule has 1 aromatic heterocycles. The van der Waals surface area contributed by atoms with E-state index in [1.54, 1.807) is 0 Å². The van der Waals surface area contributed by atoms with Gasteiger partial charge < -0.3 is 4.74 Å². The van der Waals surface area contributed by atoms with Crippen molar-refractivity contribution in [3.05, 3.63) is 54.0 Å². The maximum absolute atomic E-state index is 13.2. The van der Waals surface area contributed by atoms with Crippen LogP contribution in [0.25, 0.3) is 0 Å². The molecule has 0 unspecified atom stereocenters. The normalized spacial score (nSPS) is 20.7. The summed E-state index contributed by atoms with van der Waals surface area (Å²) in [5.74, 6) is -0.541. The van der Waals surface area contributed by atoms with Crippen LogP contribution >= 0.6 is 0 Å². The highest BCUT2D eigenvalue weighted by atomic mass is 32.2. The number of hydrogen-bond acceptors (Lipinski definition) is 4. The van der Waals surface area contributed by atoms with E-state index in [0.29, 0.717) is 31.9 Å². The van der Waals surface area contributed by atoms with Gasteiger partial charge in [0.05, 0.1) is 10.5 Å². The van der Waals surface area contributed by atoms with Crippen LogP contribution in [0, 0.1) is 5.82 Å². The zero-order valence-electron chi connectivity index (χ0n) is 14.6. The maximum Gasteiger partial charge on any atom is 0.417 e. The molecule has 0 aliphatic heterocycles. The largest absolute Gasteiger partial charge is 0.474 e. The van der Waals surface area contributed by atoms with Gasteiger partial charge in [-0.3, -0.25) is 0 Å². The summed E-state index contributed by atoms with van der Waals surface area (Å²) in [6.07, 6.45) is -2.01. The number of nitrogens with zero attached hydrogens (tertiary/aromatic N) is 1. The van der Waals surface area contributed by atoms with E-state index in [1.807, 2.05) is 0 Å². The van der Waals surface area contributed by atoms with Gasteiger partial charge in [0.1, 0.15) is 11.9 Å². The Hall–Kier alpha value is -2.20. The highest BCUT2D eigenvalue weighted by molar-refractivity contribution is 7.89. The van der Waals surface area contributed by atoms with Crippen molar-refractivity contribution < 1.29 is 30.7 Å². The maximum atomic E-state index is 13.2. The lowest BCUT2D eigenvalue weighted by Gasteiger charge is -2.29. The fraction of sp³-hybridized carbons (Fsp3) is 0.389. The number of ether oxygens (including phenoxy) is 1. The lowest BCUT2D eigenvalue weighted by Crippen LogP contribution is -2.39. The molecule has 0 saturated heterocycles. The molecule has 1 aliphatic carbocycles. The van der Waals surface area contributed by atoms with Gasteiger partial charge in [0.2, 0.25) is 15.9 Å². The predicted octanol–water partition coefficient (Wildman–Crippen LogP) is 3.91. The molecule has 1 aromatic carbocycles. The Morgan fingerprint density at radius 1 is 1.07 bits per heavy atom. The number of rotatable bonds is 5. The molecule has 1 aliphatic rings. The zero-order chi connectivity index (χ0) is 20.4. The Morgan fingerprint density at radius 2 is 1.79 bits per heavy atom. The van der Waals surface area contributed by atoms with Crippen molar-refractivity contribution in [3.8, 4) is 5.88 Å². The van der Waals surface area contributed by atoms with Crippen LogP contribution in [-0.4, -0.2) is 25.5 Å². The number of pyridine rings is 1. The highest BCUT2D eigenvalue weighted by Gasteiger charge is 2.31. The van der Waals surface area contributed by atoms with Crippen LogP contribution < -0.4 is 9.46 Å². The third kappa shape index (κ3) is 5.20. The van der Waals surface area contributed by atoms with E-state index in [9.17, 15) is 26.0 Å². The van der Waals surface area contributed by atoms with Gasteiger partial charge in [0.25, 0.3) is 0 Å². The summed E-state index contributed by atoms with van der Waals surface area (Å²) in [5.41, 5.74) is -0.852. The molecule has 0 atom stereocenters. The molecule has 152 valence electrons. The first-order valence-electron chi connectivity index (χ1n) is 8.61. The van der Waals surface area contributed by atoms with Gasteiger partial charge in [-0.25, -0.2) is 22.5 Å².